The van der Waals surface area contributed by atoms with Gasteiger partial charge in [-0.3, -0.25) is 4.99 Å². The smallest absolute Gasteiger partial charge is 0.191 e. The number of nitrogens with one attached hydrogen (secondary N) is 2. The summed E-state index contributed by atoms with van der Waals surface area (Å²) in [5.41, 5.74) is 2.23. The summed E-state index contributed by atoms with van der Waals surface area (Å²) in [6, 6.07) is 10.4. The average molecular weight is 383 g/mol. The van der Waals surface area contributed by atoms with Gasteiger partial charge in [0.1, 0.15) is 0 Å². The standard InChI is InChI=1S/C20H26N6S/c1-4-18-14-23-19(27-18)9-11-22-20(21-3)25-15(2)16-7-5-8-17(13-16)26-12-6-10-24-26/h5-8,10,12-15H,4,9,11H2,1-3H3,(H2,21,22,25). The van der Waals surface area contributed by atoms with Crippen LogP contribution in [0.2, 0.25) is 0 Å². The van der Waals surface area contributed by atoms with Crippen molar-refractivity contribution < 1.29 is 0 Å². The molecule has 3 rings (SSSR count). The van der Waals surface area contributed by atoms with Crippen molar-refractivity contribution in [2.24, 2.45) is 4.99 Å². The van der Waals surface area contributed by atoms with Gasteiger partial charge in [0, 0.05) is 43.5 Å². The number of aryl methyl sites for hydroxylation is 1. The Hall–Kier alpha value is -2.67. The van der Waals surface area contributed by atoms with Crippen molar-refractivity contribution in [3.63, 3.8) is 0 Å². The lowest BCUT2D eigenvalue weighted by Gasteiger charge is -2.19. The van der Waals surface area contributed by atoms with Gasteiger partial charge in [-0.1, -0.05) is 19.1 Å². The molecule has 1 unspecified atom stereocenters. The van der Waals surface area contributed by atoms with Gasteiger partial charge >= 0.3 is 0 Å². The van der Waals surface area contributed by atoms with Crippen LogP contribution < -0.4 is 10.6 Å². The number of aromatic nitrogens is 3. The first kappa shape index (κ1) is 19.1. The quantitative estimate of drug-likeness (QED) is 0.486. The second kappa shape index (κ2) is 9.32. The van der Waals surface area contributed by atoms with Crippen molar-refractivity contribution in [3.8, 4) is 5.69 Å². The summed E-state index contributed by atoms with van der Waals surface area (Å²) in [6.45, 7) is 5.09. The first-order chi connectivity index (χ1) is 13.2. The lowest BCUT2D eigenvalue weighted by atomic mass is 10.1. The van der Waals surface area contributed by atoms with Gasteiger partial charge in [0.15, 0.2) is 5.96 Å². The van der Waals surface area contributed by atoms with E-state index in [0.717, 1.165) is 36.0 Å². The van der Waals surface area contributed by atoms with E-state index >= 15 is 0 Å². The molecule has 0 aliphatic heterocycles. The molecular formula is C20H26N6S. The second-order valence-corrected chi connectivity index (χ2v) is 7.43. The normalized spacial score (nSPS) is 12.8. The van der Waals surface area contributed by atoms with E-state index in [9.17, 15) is 0 Å². The molecule has 142 valence electrons. The number of guanidine groups is 1. The van der Waals surface area contributed by atoms with Crippen molar-refractivity contribution in [3.05, 3.63) is 64.4 Å². The predicted octanol–water partition coefficient (Wildman–Crippen LogP) is 3.36. The molecule has 2 aromatic heterocycles. The van der Waals surface area contributed by atoms with Gasteiger partial charge in [0.2, 0.25) is 0 Å². The van der Waals surface area contributed by atoms with Crippen LogP contribution in [-0.2, 0) is 12.8 Å². The van der Waals surface area contributed by atoms with Gasteiger partial charge in [0.05, 0.1) is 16.7 Å². The second-order valence-electron chi connectivity index (χ2n) is 6.23. The third-order valence-corrected chi connectivity index (χ3v) is 5.50. The van der Waals surface area contributed by atoms with Crippen molar-refractivity contribution in [2.45, 2.75) is 32.7 Å². The van der Waals surface area contributed by atoms with Crippen LogP contribution in [0, 0.1) is 0 Å². The molecule has 0 aliphatic carbocycles. The number of hydrogen-bond donors (Lipinski definition) is 2. The maximum absolute atomic E-state index is 4.46. The molecule has 0 amide bonds. The highest BCUT2D eigenvalue weighted by Gasteiger charge is 2.09. The summed E-state index contributed by atoms with van der Waals surface area (Å²) in [7, 11) is 1.79. The fourth-order valence-corrected chi connectivity index (χ4v) is 3.62. The van der Waals surface area contributed by atoms with E-state index in [1.807, 2.05) is 23.1 Å². The van der Waals surface area contributed by atoms with Crippen LogP contribution in [0.15, 0.2) is 53.9 Å². The highest BCUT2D eigenvalue weighted by molar-refractivity contribution is 7.11. The summed E-state index contributed by atoms with van der Waals surface area (Å²) < 4.78 is 1.86. The van der Waals surface area contributed by atoms with Crippen molar-refractivity contribution in [1.29, 1.82) is 0 Å². The third kappa shape index (κ3) is 5.17. The Labute approximate surface area is 164 Å². The molecule has 0 fully saturated rings. The van der Waals surface area contributed by atoms with Crippen LogP contribution in [0.5, 0.6) is 0 Å². The summed E-state index contributed by atoms with van der Waals surface area (Å²) in [6.07, 6.45) is 7.64. The van der Waals surface area contributed by atoms with Crippen LogP contribution >= 0.6 is 11.3 Å². The minimum Gasteiger partial charge on any atom is -0.356 e. The van der Waals surface area contributed by atoms with Gasteiger partial charge in [-0.05, 0) is 37.1 Å². The molecule has 2 heterocycles. The van der Waals surface area contributed by atoms with Crippen LogP contribution in [-0.4, -0.2) is 34.3 Å². The van der Waals surface area contributed by atoms with Crippen LogP contribution in [0.3, 0.4) is 0 Å². The molecule has 3 aromatic rings. The Morgan fingerprint density at radius 3 is 2.93 bits per heavy atom. The van der Waals surface area contributed by atoms with E-state index < -0.39 is 0 Å². The molecule has 0 bridgehead atoms. The van der Waals surface area contributed by atoms with Crippen molar-refractivity contribution in [2.75, 3.05) is 13.6 Å². The van der Waals surface area contributed by atoms with Crippen molar-refractivity contribution in [1.82, 2.24) is 25.4 Å². The number of aliphatic imine (C=N–C) groups is 1. The molecule has 0 spiro atoms. The lowest BCUT2D eigenvalue weighted by Crippen LogP contribution is -2.39. The van der Waals surface area contributed by atoms with E-state index in [4.69, 9.17) is 0 Å². The number of rotatable bonds is 7. The Morgan fingerprint density at radius 2 is 2.22 bits per heavy atom. The van der Waals surface area contributed by atoms with Gasteiger partial charge in [0.25, 0.3) is 0 Å². The van der Waals surface area contributed by atoms with E-state index in [2.05, 4.69) is 63.8 Å². The zero-order chi connectivity index (χ0) is 19.1. The highest BCUT2D eigenvalue weighted by atomic mass is 32.1. The van der Waals surface area contributed by atoms with Crippen LogP contribution in [0.25, 0.3) is 5.69 Å². The van der Waals surface area contributed by atoms with E-state index in [1.165, 1.54) is 10.4 Å². The van der Waals surface area contributed by atoms with Gasteiger partial charge in [-0.2, -0.15) is 5.10 Å². The van der Waals surface area contributed by atoms with Crippen LogP contribution in [0.1, 0.15) is 35.3 Å². The van der Waals surface area contributed by atoms with E-state index in [0.29, 0.717) is 0 Å². The maximum atomic E-state index is 4.46. The SMILES string of the molecule is CCc1cnc(CCNC(=NC)NC(C)c2cccc(-n3cccn3)c2)s1. The van der Waals surface area contributed by atoms with Gasteiger partial charge in [-0.25, -0.2) is 9.67 Å². The molecule has 1 aromatic carbocycles. The van der Waals surface area contributed by atoms with E-state index in [-0.39, 0.29) is 6.04 Å². The highest BCUT2D eigenvalue weighted by Crippen LogP contribution is 2.16. The molecule has 6 nitrogen and oxygen atoms in total. The summed E-state index contributed by atoms with van der Waals surface area (Å²) in [5, 5.41) is 12.3. The van der Waals surface area contributed by atoms with Gasteiger partial charge < -0.3 is 10.6 Å². The molecule has 0 radical (unpaired) electrons. The molecule has 27 heavy (non-hydrogen) atoms. The Kier molecular flexibility index (Phi) is 6.59. The molecule has 0 saturated heterocycles. The maximum Gasteiger partial charge on any atom is 0.191 e. The summed E-state index contributed by atoms with van der Waals surface area (Å²) in [5.74, 6) is 0.791. The lowest BCUT2D eigenvalue weighted by molar-refractivity contribution is 0.682. The first-order valence-electron chi connectivity index (χ1n) is 9.20. The monoisotopic (exact) mass is 382 g/mol. The Morgan fingerprint density at radius 1 is 1.33 bits per heavy atom. The zero-order valence-corrected chi connectivity index (χ0v) is 16.8. The van der Waals surface area contributed by atoms with Gasteiger partial charge in [-0.15, -0.1) is 11.3 Å². The van der Waals surface area contributed by atoms with Crippen LogP contribution in [0.4, 0.5) is 0 Å². The average Bonchev–Trinajstić information content (AvgIpc) is 3.39. The molecule has 0 aliphatic rings. The summed E-state index contributed by atoms with van der Waals surface area (Å²) in [4.78, 5) is 10.1. The number of hydrogen-bond acceptors (Lipinski definition) is 4. The Bertz CT molecular complexity index is 868. The minimum absolute atomic E-state index is 0.123. The fourth-order valence-electron chi connectivity index (χ4n) is 2.76. The fraction of sp³-hybridized carbons (Fsp3) is 0.350. The number of nitrogens with zero attached hydrogens (tertiary/aromatic N) is 4. The Balaban J connectivity index is 1.55. The zero-order valence-electron chi connectivity index (χ0n) is 16.0. The molecule has 1 atom stereocenters. The van der Waals surface area contributed by atoms with Crippen molar-refractivity contribution >= 4 is 17.3 Å². The summed E-state index contributed by atoms with van der Waals surface area (Å²) >= 11 is 1.78. The first-order valence-corrected chi connectivity index (χ1v) is 10.0. The molecular weight excluding hydrogens is 356 g/mol. The predicted molar refractivity (Wildman–Crippen MR) is 112 cm³/mol. The third-order valence-electron chi connectivity index (χ3n) is 4.30. The number of benzene rings is 1. The topological polar surface area (TPSA) is 67.1 Å². The molecule has 0 saturated carbocycles. The number of thiazole rings is 1. The molecule has 2 N–H and O–H groups in total. The molecule has 7 heteroatoms. The van der Waals surface area contributed by atoms with E-state index in [1.54, 1.807) is 24.6 Å². The minimum atomic E-state index is 0.123. The largest absolute Gasteiger partial charge is 0.356 e.